The SMILES string of the molecule is CCCC1CCCCN1c1ccc([C@H](C)O)cc1. The van der Waals surface area contributed by atoms with E-state index >= 15 is 0 Å². The van der Waals surface area contributed by atoms with Crippen LogP contribution in [-0.4, -0.2) is 17.7 Å². The largest absolute Gasteiger partial charge is 0.389 e. The molecule has 0 amide bonds. The molecule has 0 spiro atoms. The van der Waals surface area contributed by atoms with Gasteiger partial charge in [-0.1, -0.05) is 25.5 Å². The van der Waals surface area contributed by atoms with Crippen LogP contribution in [0.5, 0.6) is 0 Å². The predicted octanol–water partition coefficient (Wildman–Crippen LogP) is 3.90. The van der Waals surface area contributed by atoms with E-state index in [4.69, 9.17) is 0 Å². The summed E-state index contributed by atoms with van der Waals surface area (Å²) >= 11 is 0. The van der Waals surface area contributed by atoms with Gasteiger partial charge in [-0.25, -0.2) is 0 Å². The van der Waals surface area contributed by atoms with Crippen molar-refractivity contribution < 1.29 is 5.11 Å². The predicted molar refractivity (Wildman–Crippen MR) is 77.0 cm³/mol. The first-order chi connectivity index (χ1) is 8.72. The maximum absolute atomic E-state index is 9.55. The molecule has 1 aromatic carbocycles. The van der Waals surface area contributed by atoms with Crippen LogP contribution in [0.1, 0.15) is 57.6 Å². The van der Waals surface area contributed by atoms with Gasteiger partial charge in [0, 0.05) is 18.3 Å². The van der Waals surface area contributed by atoms with Crippen LogP contribution >= 0.6 is 0 Å². The maximum atomic E-state index is 9.55. The fourth-order valence-electron chi connectivity index (χ4n) is 2.92. The van der Waals surface area contributed by atoms with Crippen molar-refractivity contribution in [1.29, 1.82) is 0 Å². The summed E-state index contributed by atoms with van der Waals surface area (Å²) in [5.41, 5.74) is 2.32. The third-order valence-electron chi connectivity index (χ3n) is 3.96. The van der Waals surface area contributed by atoms with Crippen LogP contribution in [0.25, 0.3) is 0 Å². The van der Waals surface area contributed by atoms with Gasteiger partial charge in [0.05, 0.1) is 6.10 Å². The van der Waals surface area contributed by atoms with E-state index in [9.17, 15) is 5.11 Å². The molecule has 1 N–H and O–H groups in total. The Hall–Kier alpha value is -1.02. The number of hydrogen-bond donors (Lipinski definition) is 1. The Morgan fingerprint density at radius 2 is 2.00 bits per heavy atom. The van der Waals surface area contributed by atoms with Crippen molar-refractivity contribution in [3.63, 3.8) is 0 Å². The number of hydrogen-bond acceptors (Lipinski definition) is 2. The van der Waals surface area contributed by atoms with Gasteiger partial charge in [-0.05, 0) is 50.3 Å². The maximum Gasteiger partial charge on any atom is 0.0761 e. The molecule has 1 unspecified atom stereocenters. The summed E-state index contributed by atoms with van der Waals surface area (Å²) in [5.74, 6) is 0. The van der Waals surface area contributed by atoms with Crippen LogP contribution in [0.15, 0.2) is 24.3 Å². The molecule has 1 saturated heterocycles. The Labute approximate surface area is 111 Å². The van der Waals surface area contributed by atoms with Gasteiger partial charge in [0.1, 0.15) is 0 Å². The van der Waals surface area contributed by atoms with E-state index in [1.165, 1.54) is 44.3 Å². The molecule has 1 aliphatic heterocycles. The Morgan fingerprint density at radius 3 is 2.61 bits per heavy atom. The summed E-state index contributed by atoms with van der Waals surface area (Å²) < 4.78 is 0. The van der Waals surface area contributed by atoms with Gasteiger partial charge in [0.15, 0.2) is 0 Å². The van der Waals surface area contributed by atoms with Crippen molar-refractivity contribution in [2.24, 2.45) is 0 Å². The van der Waals surface area contributed by atoms with Gasteiger partial charge >= 0.3 is 0 Å². The van der Waals surface area contributed by atoms with Crippen molar-refractivity contribution in [2.75, 3.05) is 11.4 Å². The molecule has 100 valence electrons. The zero-order valence-corrected chi connectivity index (χ0v) is 11.6. The molecule has 2 nitrogen and oxygen atoms in total. The van der Waals surface area contributed by atoms with Gasteiger partial charge in [-0.3, -0.25) is 0 Å². The van der Waals surface area contributed by atoms with Crippen molar-refractivity contribution in [1.82, 2.24) is 0 Å². The summed E-state index contributed by atoms with van der Waals surface area (Å²) in [6.45, 7) is 5.26. The molecule has 1 heterocycles. The van der Waals surface area contributed by atoms with Crippen LogP contribution in [0.2, 0.25) is 0 Å². The molecule has 0 aromatic heterocycles. The number of aliphatic hydroxyl groups is 1. The number of piperidine rings is 1. The minimum absolute atomic E-state index is 0.369. The molecule has 2 rings (SSSR count). The average molecular weight is 247 g/mol. The molecule has 2 atom stereocenters. The molecule has 0 bridgehead atoms. The summed E-state index contributed by atoms with van der Waals surface area (Å²) in [4.78, 5) is 2.55. The van der Waals surface area contributed by atoms with Crippen molar-refractivity contribution >= 4 is 5.69 Å². The molecule has 0 radical (unpaired) electrons. The lowest BCUT2D eigenvalue weighted by atomic mass is 9.97. The highest BCUT2D eigenvalue weighted by Gasteiger charge is 2.21. The average Bonchev–Trinajstić information content (AvgIpc) is 2.40. The standard InChI is InChI=1S/C16H25NO/c1-3-6-15-7-4-5-12-17(15)16-10-8-14(9-11-16)13(2)18/h8-11,13,15,18H,3-7,12H2,1-2H3/t13-,15?/m0/s1. The quantitative estimate of drug-likeness (QED) is 0.872. The Balaban J connectivity index is 2.12. The second kappa shape index (κ2) is 6.24. The van der Waals surface area contributed by atoms with Crippen LogP contribution in [0.4, 0.5) is 5.69 Å². The smallest absolute Gasteiger partial charge is 0.0761 e. The lowest BCUT2D eigenvalue weighted by molar-refractivity contribution is 0.199. The van der Waals surface area contributed by atoms with E-state index in [-0.39, 0.29) is 6.10 Å². The topological polar surface area (TPSA) is 23.5 Å². The van der Waals surface area contributed by atoms with E-state index in [0.29, 0.717) is 6.04 Å². The Kier molecular flexibility index (Phi) is 4.65. The van der Waals surface area contributed by atoms with Gasteiger partial charge < -0.3 is 10.0 Å². The molecule has 0 aliphatic carbocycles. The van der Waals surface area contributed by atoms with Gasteiger partial charge in [-0.15, -0.1) is 0 Å². The van der Waals surface area contributed by atoms with E-state index < -0.39 is 0 Å². The first kappa shape index (κ1) is 13.4. The highest BCUT2D eigenvalue weighted by molar-refractivity contribution is 5.49. The zero-order valence-electron chi connectivity index (χ0n) is 11.6. The van der Waals surface area contributed by atoms with Crippen LogP contribution in [0.3, 0.4) is 0 Å². The summed E-state index contributed by atoms with van der Waals surface area (Å²) in [6.07, 6.45) is 6.18. The van der Waals surface area contributed by atoms with E-state index in [1.807, 2.05) is 6.92 Å². The number of benzene rings is 1. The molecule has 18 heavy (non-hydrogen) atoms. The third kappa shape index (κ3) is 3.05. The molecular weight excluding hydrogens is 222 g/mol. The molecule has 1 fully saturated rings. The lowest BCUT2D eigenvalue weighted by Gasteiger charge is -2.37. The summed E-state index contributed by atoms with van der Waals surface area (Å²) in [6, 6.07) is 9.14. The second-order valence-electron chi connectivity index (χ2n) is 5.40. The number of nitrogens with zero attached hydrogens (tertiary/aromatic N) is 1. The molecule has 1 aliphatic rings. The third-order valence-corrected chi connectivity index (χ3v) is 3.96. The minimum atomic E-state index is -0.369. The van der Waals surface area contributed by atoms with Gasteiger partial charge in [-0.2, -0.15) is 0 Å². The Morgan fingerprint density at radius 1 is 1.28 bits per heavy atom. The summed E-state index contributed by atoms with van der Waals surface area (Å²) in [7, 11) is 0. The highest BCUT2D eigenvalue weighted by atomic mass is 16.3. The van der Waals surface area contributed by atoms with Crippen molar-refractivity contribution in [2.45, 2.75) is 58.1 Å². The van der Waals surface area contributed by atoms with Crippen LogP contribution in [-0.2, 0) is 0 Å². The van der Waals surface area contributed by atoms with Gasteiger partial charge in [0.2, 0.25) is 0 Å². The lowest BCUT2D eigenvalue weighted by Crippen LogP contribution is -2.39. The van der Waals surface area contributed by atoms with Gasteiger partial charge in [0.25, 0.3) is 0 Å². The number of anilines is 1. The zero-order chi connectivity index (χ0) is 13.0. The molecule has 1 aromatic rings. The first-order valence-electron chi connectivity index (χ1n) is 7.27. The fourth-order valence-corrected chi connectivity index (χ4v) is 2.92. The second-order valence-corrected chi connectivity index (χ2v) is 5.40. The Bertz CT molecular complexity index is 356. The van der Waals surface area contributed by atoms with Crippen molar-refractivity contribution in [3.8, 4) is 0 Å². The monoisotopic (exact) mass is 247 g/mol. The minimum Gasteiger partial charge on any atom is -0.389 e. The molecule has 2 heteroatoms. The van der Waals surface area contributed by atoms with E-state index in [2.05, 4.69) is 36.1 Å². The van der Waals surface area contributed by atoms with E-state index in [1.54, 1.807) is 0 Å². The molecular formula is C16H25NO. The number of aliphatic hydroxyl groups excluding tert-OH is 1. The van der Waals surface area contributed by atoms with Crippen LogP contribution < -0.4 is 4.90 Å². The van der Waals surface area contributed by atoms with E-state index in [0.717, 1.165) is 5.56 Å². The van der Waals surface area contributed by atoms with Crippen LogP contribution in [0, 0.1) is 0 Å². The highest BCUT2D eigenvalue weighted by Crippen LogP contribution is 2.28. The molecule has 0 saturated carbocycles. The first-order valence-corrected chi connectivity index (χ1v) is 7.27. The van der Waals surface area contributed by atoms with Crippen molar-refractivity contribution in [3.05, 3.63) is 29.8 Å². The summed E-state index contributed by atoms with van der Waals surface area (Å²) in [5, 5.41) is 9.55. The number of rotatable bonds is 4. The fraction of sp³-hybridized carbons (Fsp3) is 0.625. The normalized spacial score (nSPS) is 21.9.